The summed E-state index contributed by atoms with van der Waals surface area (Å²) in [6.45, 7) is 0. The minimum atomic E-state index is -0.340. The molecule has 5 heteroatoms. The van der Waals surface area contributed by atoms with E-state index in [1.165, 1.54) is 22.9 Å². The molecule has 1 heterocycles. The molecule has 0 fully saturated rings. The van der Waals surface area contributed by atoms with Gasteiger partial charge in [-0.25, -0.2) is 0 Å². The fourth-order valence-electron chi connectivity index (χ4n) is 2.66. The van der Waals surface area contributed by atoms with Gasteiger partial charge in [0.05, 0.1) is 10.3 Å². The third-order valence-electron chi connectivity index (χ3n) is 3.66. The van der Waals surface area contributed by atoms with Gasteiger partial charge in [-0.1, -0.05) is 18.2 Å². The lowest BCUT2D eigenvalue weighted by Gasteiger charge is -2.08. The second-order valence-electron chi connectivity index (χ2n) is 5.01. The van der Waals surface area contributed by atoms with E-state index in [1.54, 1.807) is 23.5 Å². The normalized spacial score (nSPS) is 15.1. The first-order chi connectivity index (χ1) is 9.65. The van der Waals surface area contributed by atoms with Gasteiger partial charge in [-0.3, -0.25) is 10.1 Å². The van der Waals surface area contributed by atoms with E-state index in [4.69, 9.17) is 11.6 Å². The Kier molecular flexibility index (Phi) is 3.76. The average molecular weight is 308 g/mol. The number of alkyl halides is 1. The van der Waals surface area contributed by atoms with Crippen molar-refractivity contribution in [3.8, 4) is 0 Å². The Labute approximate surface area is 126 Å². The molecule has 0 radical (unpaired) electrons. The number of rotatable bonds is 4. The van der Waals surface area contributed by atoms with Crippen molar-refractivity contribution in [2.24, 2.45) is 0 Å². The van der Waals surface area contributed by atoms with Crippen molar-refractivity contribution >= 4 is 28.6 Å². The highest BCUT2D eigenvalue weighted by atomic mass is 35.5. The topological polar surface area (TPSA) is 43.1 Å². The van der Waals surface area contributed by atoms with Crippen molar-refractivity contribution in [2.45, 2.75) is 31.1 Å². The zero-order valence-electron chi connectivity index (χ0n) is 10.8. The molecule has 0 N–H and O–H groups in total. The molecule has 1 aliphatic carbocycles. The van der Waals surface area contributed by atoms with Crippen LogP contribution in [0.25, 0.3) is 0 Å². The summed E-state index contributed by atoms with van der Waals surface area (Å²) < 4.78 is 0. The summed E-state index contributed by atoms with van der Waals surface area (Å²) in [6.07, 6.45) is 4.02. The van der Waals surface area contributed by atoms with Crippen molar-refractivity contribution in [1.29, 1.82) is 0 Å². The van der Waals surface area contributed by atoms with E-state index < -0.39 is 0 Å². The van der Waals surface area contributed by atoms with Crippen LogP contribution in [0.2, 0.25) is 0 Å². The van der Waals surface area contributed by atoms with E-state index in [0.717, 1.165) is 17.7 Å². The van der Waals surface area contributed by atoms with E-state index in [0.29, 0.717) is 12.0 Å². The quantitative estimate of drug-likeness (QED) is 0.468. The molecule has 3 rings (SSSR count). The highest BCUT2D eigenvalue weighted by Crippen LogP contribution is 2.38. The van der Waals surface area contributed by atoms with E-state index >= 15 is 0 Å². The van der Waals surface area contributed by atoms with Crippen molar-refractivity contribution in [3.63, 3.8) is 0 Å². The molecule has 3 nitrogen and oxygen atoms in total. The minimum Gasteiger partial charge on any atom is -0.258 e. The smallest absolute Gasteiger partial charge is 0.258 e. The van der Waals surface area contributed by atoms with Gasteiger partial charge in [-0.05, 0) is 30.9 Å². The number of aryl methyl sites for hydroxylation is 2. The molecule has 104 valence electrons. The molecule has 0 amide bonds. The minimum absolute atomic E-state index is 0.155. The van der Waals surface area contributed by atoms with Gasteiger partial charge in [-0.15, -0.1) is 22.9 Å². The number of hydrogen-bond donors (Lipinski definition) is 0. The standard InChI is InChI=1S/C15H14ClNO2S/c16-12(15-9-11-5-3-7-14(11)20-15)8-10-4-1-2-6-13(10)17(18)19/h1-2,4,6,9,12H,3,5,7-8H2. The third kappa shape index (κ3) is 2.58. The summed E-state index contributed by atoms with van der Waals surface area (Å²) in [4.78, 5) is 13.3. The lowest BCUT2D eigenvalue weighted by Crippen LogP contribution is -1.99. The lowest BCUT2D eigenvalue weighted by atomic mass is 10.1. The Bertz CT molecular complexity index is 632. The maximum Gasteiger partial charge on any atom is 0.272 e. The monoisotopic (exact) mass is 307 g/mol. The molecule has 1 atom stereocenters. The highest BCUT2D eigenvalue weighted by molar-refractivity contribution is 7.12. The largest absolute Gasteiger partial charge is 0.272 e. The fraction of sp³-hybridized carbons (Fsp3) is 0.333. The Hall–Kier alpha value is -1.39. The van der Waals surface area contributed by atoms with Crippen molar-refractivity contribution < 1.29 is 4.92 Å². The molecule has 1 unspecified atom stereocenters. The van der Waals surface area contributed by atoms with Gasteiger partial charge in [0.2, 0.25) is 0 Å². The first kappa shape index (κ1) is 13.6. The SMILES string of the molecule is O=[N+]([O-])c1ccccc1CC(Cl)c1cc2c(s1)CCC2. The van der Waals surface area contributed by atoms with Gasteiger partial charge >= 0.3 is 0 Å². The van der Waals surface area contributed by atoms with Crippen LogP contribution in [0.4, 0.5) is 5.69 Å². The molecule has 1 aromatic heterocycles. The fourth-order valence-corrected chi connectivity index (χ4v) is 4.26. The summed E-state index contributed by atoms with van der Waals surface area (Å²) in [5.41, 5.74) is 2.27. The van der Waals surface area contributed by atoms with Gasteiger partial charge in [0.25, 0.3) is 5.69 Å². The molecule has 0 saturated carbocycles. The molecule has 0 aliphatic heterocycles. The van der Waals surface area contributed by atoms with Crippen molar-refractivity contribution in [1.82, 2.24) is 0 Å². The number of fused-ring (bicyclic) bond motifs is 1. The zero-order chi connectivity index (χ0) is 14.1. The van der Waals surface area contributed by atoms with Crippen molar-refractivity contribution in [3.05, 3.63) is 61.3 Å². The molecule has 1 aliphatic rings. The number of benzene rings is 1. The number of halogens is 1. The van der Waals surface area contributed by atoms with Crippen LogP contribution in [0.15, 0.2) is 30.3 Å². The first-order valence-corrected chi connectivity index (χ1v) is 7.88. The summed E-state index contributed by atoms with van der Waals surface area (Å²) in [7, 11) is 0. The van der Waals surface area contributed by atoms with Gasteiger partial charge < -0.3 is 0 Å². The van der Waals surface area contributed by atoms with E-state index in [1.807, 2.05) is 6.07 Å². The molecule has 2 aromatic rings. The molecule has 0 bridgehead atoms. The van der Waals surface area contributed by atoms with Gasteiger partial charge in [0.15, 0.2) is 0 Å². The van der Waals surface area contributed by atoms with Crippen LogP contribution in [0.3, 0.4) is 0 Å². The molecular formula is C15H14ClNO2S. The van der Waals surface area contributed by atoms with Crippen LogP contribution in [0, 0.1) is 10.1 Å². The lowest BCUT2D eigenvalue weighted by molar-refractivity contribution is -0.385. The summed E-state index contributed by atoms with van der Waals surface area (Å²) in [5, 5.41) is 10.8. The number of nitro groups is 1. The van der Waals surface area contributed by atoms with E-state index in [9.17, 15) is 10.1 Å². The predicted molar refractivity (Wildman–Crippen MR) is 81.7 cm³/mol. The zero-order valence-corrected chi connectivity index (χ0v) is 12.4. The maximum atomic E-state index is 11.0. The summed E-state index contributed by atoms with van der Waals surface area (Å²) in [5.74, 6) is 0. The number of nitro benzene ring substituents is 1. The second-order valence-corrected chi connectivity index (χ2v) is 6.70. The summed E-state index contributed by atoms with van der Waals surface area (Å²) >= 11 is 8.23. The van der Waals surface area contributed by atoms with Gasteiger partial charge in [-0.2, -0.15) is 0 Å². The van der Waals surface area contributed by atoms with Crippen LogP contribution in [0.1, 0.15) is 32.7 Å². The first-order valence-electron chi connectivity index (χ1n) is 6.63. The third-order valence-corrected chi connectivity index (χ3v) is 5.53. The molecule has 20 heavy (non-hydrogen) atoms. The Morgan fingerprint density at radius 3 is 2.90 bits per heavy atom. The van der Waals surface area contributed by atoms with Crippen LogP contribution in [-0.2, 0) is 19.3 Å². The maximum absolute atomic E-state index is 11.0. The van der Waals surface area contributed by atoms with Gasteiger partial charge in [0.1, 0.15) is 0 Å². The van der Waals surface area contributed by atoms with E-state index in [2.05, 4.69) is 6.07 Å². The molecule has 1 aromatic carbocycles. The van der Waals surface area contributed by atoms with E-state index in [-0.39, 0.29) is 16.0 Å². The highest BCUT2D eigenvalue weighted by Gasteiger charge is 2.21. The van der Waals surface area contributed by atoms with Crippen LogP contribution < -0.4 is 0 Å². The Balaban J connectivity index is 1.82. The van der Waals surface area contributed by atoms with Crippen LogP contribution >= 0.6 is 22.9 Å². The average Bonchev–Trinajstić information content (AvgIpc) is 2.99. The molecule has 0 saturated heterocycles. The molecular weight excluding hydrogens is 294 g/mol. The Morgan fingerprint density at radius 1 is 1.35 bits per heavy atom. The second kappa shape index (κ2) is 5.54. The number of thiophene rings is 1. The Morgan fingerprint density at radius 2 is 2.15 bits per heavy atom. The number of nitrogens with zero attached hydrogens (tertiary/aromatic N) is 1. The predicted octanol–water partition coefficient (Wildman–Crippen LogP) is 4.67. The van der Waals surface area contributed by atoms with Crippen LogP contribution in [-0.4, -0.2) is 4.92 Å². The van der Waals surface area contributed by atoms with Crippen molar-refractivity contribution in [2.75, 3.05) is 0 Å². The number of para-hydroxylation sites is 1. The van der Waals surface area contributed by atoms with Crippen LogP contribution in [0.5, 0.6) is 0 Å². The molecule has 0 spiro atoms. The summed E-state index contributed by atoms with van der Waals surface area (Å²) in [6, 6.07) is 9.01. The number of hydrogen-bond acceptors (Lipinski definition) is 3. The van der Waals surface area contributed by atoms with Gasteiger partial charge in [0, 0.05) is 27.8 Å².